The summed E-state index contributed by atoms with van der Waals surface area (Å²) in [5, 5.41) is 20.0. The maximum Gasteiger partial charge on any atom is 0.121 e. The molecule has 0 spiro atoms. The van der Waals surface area contributed by atoms with Crippen LogP contribution in [0.2, 0.25) is 0 Å². The molecular weight excluding hydrogens is 342 g/mol. The topological polar surface area (TPSA) is 66.5 Å². The van der Waals surface area contributed by atoms with Gasteiger partial charge in [0, 0.05) is 16.5 Å². The highest BCUT2D eigenvalue weighted by atomic mass is 79.9. The fourth-order valence-corrected chi connectivity index (χ4v) is 2.34. The molecule has 2 atom stereocenters. The molecule has 0 radical (unpaired) electrons. The van der Waals surface area contributed by atoms with E-state index in [0.29, 0.717) is 12.0 Å². The summed E-state index contributed by atoms with van der Waals surface area (Å²) in [6, 6.07) is 14.1. The Labute approximate surface area is 133 Å². The van der Waals surface area contributed by atoms with Crippen molar-refractivity contribution < 1.29 is 10.2 Å². The van der Waals surface area contributed by atoms with Crippen LogP contribution in [0.3, 0.4) is 0 Å². The van der Waals surface area contributed by atoms with Crippen molar-refractivity contribution in [2.45, 2.75) is 18.6 Å². The maximum atomic E-state index is 10.2. The Kier molecular flexibility index (Phi) is 6.49. The number of aliphatic hydroxyl groups is 1. The molecule has 2 aromatic carbocycles. The lowest BCUT2D eigenvalue weighted by molar-refractivity contribution is 0.143. The second-order valence-corrected chi connectivity index (χ2v) is 5.40. The number of phenolic OH excluding ortho intramolecular Hbond substituents is 1. The third kappa shape index (κ3) is 4.21. The quantitative estimate of drug-likeness (QED) is 0.786. The molecule has 2 aromatic rings. The number of rotatable bonds is 4. The molecule has 5 heteroatoms. The molecular formula is C15H17BrClNO2. The summed E-state index contributed by atoms with van der Waals surface area (Å²) in [5.74, 6) is 0.0917. The van der Waals surface area contributed by atoms with Crippen molar-refractivity contribution in [2.75, 3.05) is 0 Å². The molecule has 3 nitrogen and oxygen atoms in total. The van der Waals surface area contributed by atoms with E-state index in [1.807, 2.05) is 30.3 Å². The van der Waals surface area contributed by atoms with Gasteiger partial charge in [0.05, 0.1) is 12.1 Å². The molecule has 0 amide bonds. The summed E-state index contributed by atoms with van der Waals surface area (Å²) in [4.78, 5) is 0. The van der Waals surface area contributed by atoms with Crippen LogP contribution >= 0.6 is 28.3 Å². The summed E-state index contributed by atoms with van der Waals surface area (Å²) in [6.45, 7) is 0. The predicted molar refractivity (Wildman–Crippen MR) is 86.1 cm³/mol. The van der Waals surface area contributed by atoms with Crippen LogP contribution in [0.5, 0.6) is 5.75 Å². The average molecular weight is 359 g/mol. The number of halogens is 2. The van der Waals surface area contributed by atoms with Crippen molar-refractivity contribution in [3.8, 4) is 5.75 Å². The van der Waals surface area contributed by atoms with E-state index in [2.05, 4.69) is 15.9 Å². The van der Waals surface area contributed by atoms with Gasteiger partial charge in [0.1, 0.15) is 5.75 Å². The molecule has 0 heterocycles. The zero-order valence-corrected chi connectivity index (χ0v) is 13.1. The summed E-state index contributed by atoms with van der Waals surface area (Å²) >= 11 is 3.27. The SMILES string of the molecule is Cl.N[C@@H](c1ccc(Br)cc1O)[C@H](O)Cc1ccccc1. The number of hydrogen-bond acceptors (Lipinski definition) is 3. The van der Waals surface area contributed by atoms with Gasteiger partial charge >= 0.3 is 0 Å². The highest BCUT2D eigenvalue weighted by molar-refractivity contribution is 9.10. The lowest BCUT2D eigenvalue weighted by Crippen LogP contribution is -2.28. The highest BCUT2D eigenvalue weighted by Crippen LogP contribution is 2.28. The Morgan fingerprint density at radius 1 is 1.10 bits per heavy atom. The molecule has 0 aliphatic rings. The van der Waals surface area contributed by atoms with Crippen LogP contribution in [-0.2, 0) is 6.42 Å². The molecule has 20 heavy (non-hydrogen) atoms. The first-order valence-electron chi connectivity index (χ1n) is 6.04. The van der Waals surface area contributed by atoms with Gasteiger partial charge in [-0.1, -0.05) is 52.3 Å². The molecule has 0 saturated carbocycles. The number of hydrogen-bond donors (Lipinski definition) is 3. The monoisotopic (exact) mass is 357 g/mol. The van der Waals surface area contributed by atoms with Crippen molar-refractivity contribution >= 4 is 28.3 Å². The molecule has 0 unspecified atom stereocenters. The largest absolute Gasteiger partial charge is 0.508 e. The summed E-state index contributed by atoms with van der Waals surface area (Å²) < 4.78 is 0.776. The molecule has 108 valence electrons. The first-order chi connectivity index (χ1) is 9.08. The minimum atomic E-state index is -0.741. The smallest absolute Gasteiger partial charge is 0.121 e. The molecule has 0 saturated heterocycles. The second-order valence-electron chi connectivity index (χ2n) is 4.49. The van der Waals surface area contributed by atoms with E-state index in [4.69, 9.17) is 5.73 Å². The van der Waals surface area contributed by atoms with Crippen molar-refractivity contribution in [1.82, 2.24) is 0 Å². The average Bonchev–Trinajstić information content (AvgIpc) is 2.39. The number of aromatic hydroxyl groups is 1. The Hall–Kier alpha value is -1.07. The first-order valence-corrected chi connectivity index (χ1v) is 6.83. The second kappa shape index (κ2) is 7.64. The summed E-state index contributed by atoms with van der Waals surface area (Å²) in [5.41, 5.74) is 7.58. The van der Waals surface area contributed by atoms with E-state index in [1.165, 1.54) is 0 Å². The van der Waals surface area contributed by atoms with Crippen LogP contribution < -0.4 is 5.73 Å². The third-order valence-electron chi connectivity index (χ3n) is 3.05. The van der Waals surface area contributed by atoms with Crippen molar-refractivity contribution in [3.63, 3.8) is 0 Å². The van der Waals surface area contributed by atoms with Crippen molar-refractivity contribution in [2.24, 2.45) is 5.73 Å². The Morgan fingerprint density at radius 3 is 2.35 bits per heavy atom. The molecule has 0 aliphatic carbocycles. The molecule has 0 aliphatic heterocycles. The number of phenols is 1. The van der Waals surface area contributed by atoms with Crippen LogP contribution in [0, 0.1) is 0 Å². The lowest BCUT2D eigenvalue weighted by Gasteiger charge is -2.20. The maximum absolute atomic E-state index is 10.2. The fraction of sp³-hybridized carbons (Fsp3) is 0.200. The lowest BCUT2D eigenvalue weighted by atomic mass is 9.96. The van der Waals surface area contributed by atoms with Crippen LogP contribution in [0.25, 0.3) is 0 Å². The van der Waals surface area contributed by atoms with E-state index in [-0.39, 0.29) is 18.2 Å². The van der Waals surface area contributed by atoms with Gasteiger partial charge < -0.3 is 15.9 Å². The van der Waals surface area contributed by atoms with E-state index < -0.39 is 12.1 Å². The summed E-state index contributed by atoms with van der Waals surface area (Å²) in [6.07, 6.45) is -0.285. The van der Waals surface area contributed by atoms with E-state index >= 15 is 0 Å². The zero-order valence-electron chi connectivity index (χ0n) is 10.7. The van der Waals surface area contributed by atoms with Crippen molar-refractivity contribution in [3.05, 3.63) is 64.1 Å². The Balaban J connectivity index is 0.00000200. The Bertz CT molecular complexity index is 551. The summed E-state index contributed by atoms with van der Waals surface area (Å²) in [7, 11) is 0. The standard InChI is InChI=1S/C15H16BrNO2.ClH/c16-11-6-7-12(13(18)9-11)15(17)14(19)8-10-4-2-1-3-5-10;/h1-7,9,14-15,18-19H,8,17H2;1H/t14-,15+;/m1./s1. The molecule has 0 bridgehead atoms. The first kappa shape index (κ1) is 17.0. The van der Waals surface area contributed by atoms with Gasteiger partial charge in [-0.15, -0.1) is 12.4 Å². The molecule has 4 N–H and O–H groups in total. The van der Waals surface area contributed by atoms with Gasteiger partial charge in [-0.2, -0.15) is 0 Å². The number of benzene rings is 2. The predicted octanol–water partition coefficient (Wildman–Crippen LogP) is 3.18. The molecule has 0 aromatic heterocycles. The number of nitrogens with two attached hydrogens (primary N) is 1. The van der Waals surface area contributed by atoms with Gasteiger partial charge in [-0.25, -0.2) is 0 Å². The van der Waals surface area contributed by atoms with Gasteiger partial charge in [-0.05, 0) is 17.7 Å². The van der Waals surface area contributed by atoms with Crippen LogP contribution in [0.15, 0.2) is 53.0 Å². The Morgan fingerprint density at radius 2 is 1.75 bits per heavy atom. The molecule has 0 fully saturated rings. The normalized spacial score (nSPS) is 13.3. The van der Waals surface area contributed by atoms with Gasteiger partial charge in [0.2, 0.25) is 0 Å². The van der Waals surface area contributed by atoms with E-state index in [0.717, 1.165) is 10.0 Å². The zero-order chi connectivity index (χ0) is 13.8. The minimum absolute atomic E-state index is 0. The van der Waals surface area contributed by atoms with E-state index in [9.17, 15) is 10.2 Å². The van der Waals surface area contributed by atoms with Gasteiger partial charge in [-0.3, -0.25) is 0 Å². The number of aliphatic hydroxyl groups excluding tert-OH is 1. The fourth-order valence-electron chi connectivity index (χ4n) is 1.99. The van der Waals surface area contributed by atoms with Crippen LogP contribution in [-0.4, -0.2) is 16.3 Å². The van der Waals surface area contributed by atoms with Gasteiger partial charge in [0.15, 0.2) is 0 Å². The van der Waals surface area contributed by atoms with Crippen molar-refractivity contribution in [1.29, 1.82) is 0 Å². The molecule has 2 rings (SSSR count). The van der Waals surface area contributed by atoms with Crippen LogP contribution in [0.1, 0.15) is 17.2 Å². The van der Waals surface area contributed by atoms with E-state index in [1.54, 1.807) is 18.2 Å². The highest BCUT2D eigenvalue weighted by Gasteiger charge is 2.20. The van der Waals surface area contributed by atoms with Crippen LogP contribution in [0.4, 0.5) is 0 Å². The third-order valence-corrected chi connectivity index (χ3v) is 3.55. The minimum Gasteiger partial charge on any atom is -0.508 e. The van der Waals surface area contributed by atoms with Gasteiger partial charge in [0.25, 0.3) is 0 Å².